The van der Waals surface area contributed by atoms with Gasteiger partial charge in [0, 0.05) is 10.9 Å². The second kappa shape index (κ2) is 9.14. The first-order valence-corrected chi connectivity index (χ1v) is 11.4. The molecule has 8 nitrogen and oxygen atoms in total. The molecular formula is C28H21NO7. The molecule has 0 N–H and O–H groups in total. The van der Waals surface area contributed by atoms with E-state index in [1.807, 2.05) is 30.3 Å². The third-order valence-electron chi connectivity index (χ3n) is 5.95. The van der Waals surface area contributed by atoms with Crippen molar-refractivity contribution < 1.29 is 33.1 Å². The van der Waals surface area contributed by atoms with Crippen LogP contribution in [0.5, 0.6) is 5.75 Å². The number of carbonyl (C=O) groups is 4. The second-order valence-corrected chi connectivity index (χ2v) is 8.17. The summed E-state index contributed by atoms with van der Waals surface area (Å²) in [5, 5.41) is 0.408. The van der Waals surface area contributed by atoms with E-state index < -0.39 is 29.8 Å². The van der Waals surface area contributed by atoms with Gasteiger partial charge in [0.2, 0.25) is 0 Å². The summed E-state index contributed by atoms with van der Waals surface area (Å²) >= 11 is 0. The lowest BCUT2D eigenvalue weighted by Crippen LogP contribution is -2.44. The minimum Gasteiger partial charge on any atom is -0.462 e. The Labute approximate surface area is 206 Å². The number of hydrogen-bond donors (Lipinski definition) is 0. The molecule has 0 fully saturated rings. The van der Waals surface area contributed by atoms with Crippen LogP contribution in [0.1, 0.15) is 44.9 Å². The molecule has 1 aliphatic heterocycles. The first-order chi connectivity index (χ1) is 17.4. The summed E-state index contributed by atoms with van der Waals surface area (Å²) in [5.74, 6) is -2.01. The number of ether oxygens (including phenoxy) is 2. The molecule has 2 amide bonds. The van der Waals surface area contributed by atoms with Crippen LogP contribution in [0, 0.1) is 0 Å². The maximum absolute atomic E-state index is 12.9. The van der Waals surface area contributed by atoms with Gasteiger partial charge in [0.25, 0.3) is 11.8 Å². The zero-order valence-corrected chi connectivity index (χ0v) is 19.5. The predicted octanol–water partition coefficient (Wildman–Crippen LogP) is 4.87. The lowest BCUT2D eigenvalue weighted by Gasteiger charge is -2.20. The van der Waals surface area contributed by atoms with Crippen LogP contribution >= 0.6 is 0 Å². The van der Waals surface area contributed by atoms with Crippen LogP contribution in [0.3, 0.4) is 0 Å². The van der Waals surface area contributed by atoms with E-state index >= 15 is 0 Å². The van der Waals surface area contributed by atoms with E-state index in [0.29, 0.717) is 22.3 Å². The van der Waals surface area contributed by atoms with Gasteiger partial charge in [0.15, 0.2) is 0 Å². The summed E-state index contributed by atoms with van der Waals surface area (Å²) in [7, 11) is 0. The molecule has 1 aromatic heterocycles. The fourth-order valence-corrected chi connectivity index (χ4v) is 4.21. The average Bonchev–Trinajstić information content (AvgIpc) is 3.39. The largest absolute Gasteiger partial charge is 0.462 e. The summed E-state index contributed by atoms with van der Waals surface area (Å²) in [5.41, 5.74) is 1.80. The highest BCUT2D eigenvalue weighted by Crippen LogP contribution is 2.36. The van der Waals surface area contributed by atoms with Crippen LogP contribution < -0.4 is 4.74 Å². The minimum absolute atomic E-state index is 0.127. The van der Waals surface area contributed by atoms with Gasteiger partial charge < -0.3 is 13.9 Å². The van der Waals surface area contributed by atoms with Crippen molar-refractivity contribution in [3.05, 3.63) is 89.5 Å². The van der Waals surface area contributed by atoms with Crippen molar-refractivity contribution in [2.75, 3.05) is 6.61 Å². The molecule has 36 heavy (non-hydrogen) atoms. The zero-order chi connectivity index (χ0) is 25.4. The topological polar surface area (TPSA) is 103 Å². The molecule has 4 aromatic rings. The Morgan fingerprint density at radius 1 is 0.917 bits per heavy atom. The molecule has 0 saturated heterocycles. The van der Waals surface area contributed by atoms with Crippen molar-refractivity contribution in [1.82, 2.24) is 4.90 Å². The number of hydrogen-bond acceptors (Lipinski definition) is 7. The standard InChI is InChI=1S/C28H21NO7/c1-3-34-28(33)23-21-15-18(13-14-22(21)36-24(23)17-9-5-4-6-10-17)35-27(32)16(2)29-25(30)19-11-7-8-12-20(19)26(29)31/h4-16H,3H2,1-2H3/t16-/m1/s1. The Bertz CT molecular complexity index is 1480. The molecule has 0 radical (unpaired) electrons. The SMILES string of the molecule is CCOC(=O)c1c(-c2ccccc2)oc2ccc(OC(=O)[C@@H](C)N3C(=O)c4ccccc4C3=O)cc12. The molecule has 5 rings (SSSR count). The molecule has 0 saturated carbocycles. The Hall–Kier alpha value is -4.72. The monoisotopic (exact) mass is 483 g/mol. The first kappa shape index (κ1) is 23.0. The van der Waals surface area contributed by atoms with Crippen molar-refractivity contribution >= 4 is 34.7 Å². The van der Waals surface area contributed by atoms with Gasteiger partial charge in [-0.1, -0.05) is 42.5 Å². The van der Waals surface area contributed by atoms with Crippen LogP contribution in [-0.2, 0) is 9.53 Å². The fourth-order valence-electron chi connectivity index (χ4n) is 4.21. The summed E-state index contributed by atoms with van der Waals surface area (Å²) in [6.07, 6.45) is 0. The molecule has 1 aliphatic rings. The second-order valence-electron chi connectivity index (χ2n) is 8.17. The van der Waals surface area contributed by atoms with Gasteiger partial charge >= 0.3 is 11.9 Å². The van der Waals surface area contributed by atoms with E-state index in [-0.39, 0.29) is 29.0 Å². The third-order valence-corrected chi connectivity index (χ3v) is 5.95. The number of benzene rings is 3. The number of esters is 2. The number of amides is 2. The van der Waals surface area contributed by atoms with E-state index in [9.17, 15) is 19.2 Å². The Morgan fingerprint density at radius 3 is 2.19 bits per heavy atom. The fraction of sp³-hybridized carbons (Fsp3) is 0.143. The lowest BCUT2D eigenvalue weighted by atomic mass is 10.1. The van der Waals surface area contributed by atoms with Crippen LogP contribution in [0.25, 0.3) is 22.3 Å². The average molecular weight is 483 g/mol. The molecule has 0 aliphatic carbocycles. The van der Waals surface area contributed by atoms with Crippen LogP contribution in [0.15, 0.2) is 77.2 Å². The molecule has 3 aromatic carbocycles. The van der Waals surface area contributed by atoms with Crippen molar-refractivity contribution in [3.63, 3.8) is 0 Å². The van der Waals surface area contributed by atoms with E-state index in [2.05, 4.69) is 0 Å². The van der Waals surface area contributed by atoms with Crippen molar-refractivity contribution in [2.24, 2.45) is 0 Å². The molecule has 0 unspecified atom stereocenters. The Morgan fingerprint density at radius 2 is 1.56 bits per heavy atom. The highest BCUT2D eigenvalue weighted by Gasteiger charge is 2.41. The number of carbonyl (C=O) groups excluding carboxylic acids is 4. The lowest BCUT2D eigenvalue weighted by molar-refractivity contribution is -0.138. The Kier molecular flexibility index (Phi) is 5.85. The third kappa shape index (κ3) is 3.82. The van der Waals surface area contributed by atoms with Crippen LogP contribution in [0.4, 0.5) is 0 Å². The number of rotatable bonds is 6. The van der Waals surface area contributed by atoms with Crippen LogP contribution in [-0.4, -0.2) is 41.3 Å². The molecule has 0 bridgehead atoms. The maximum atomic E-state index is 12.9. The van der Waals surface area contributed by atoms with Crippen molar-refractivity contribution in [3.8, 4) is 17.1 Å². The van der Waals surface area contributed by atoms with Gasteiger partial charge in [-0.3, -0.25) is 14.5 Å². The van der Waals surface area contributed by atoms with Gasteiger partial charge in [0.05, 0.1) is 17.7 Å². The molecule has 1 atom stereocenters. The van der Waals surface area contributed by atoms with Gasteiger partial charge in [-0.25, -0.2) is 9.59 Å². The number of furan rings is 1. The van der Waals surface area contributed by atoms with E-state index in [0.717, 1.165) is 4.90 Å². The summed E-state index contributed by atoms with van der Waals surface area (Å²) in [6, 6.07) is 19.0. The highest BCUT2D eigenvalue weighted by atomic mass is 16.5. The smallest absolute Gasteiger partial charge is 0.342 e. The number of nitrogens with zero attached hydrogens (tertiary/aromatic N) is 1. The molecule has 0 spiro atoms. The van der Waals surface area contributed by atoms with E-state index in [4.69, 9.17) is 13.9 Å². The van der Waals surface area contributed by atoms with Crippen molar-refractivity contribution in [2.45, 2.75) is 19.9 Å². The molecule has 2 heterocycles. The summed E-state index contributed by atoms with van der Waals surface area (Å²) < 4.78 is 16.7. The van der Waals surface area contributed by atoms with Gasteiger partial charge in [-0.2, -0.15) is 0 Å². The minimum atomic E-state index is -1.16. The van der Waals surface area contributed by atoms with E-state index in [1.165, 1.54) is 19.1 Å². The highest BCUT2D eigenvalue weighted by molar-refractivity contribution is 6.22. The van der Waals surface area contributed by atoms with Gasteiger partial charge in [0.1, 0.15) is 28.7 Å². The van der Waals surface area contributed by atoms with Gasteiger partial charge in [-0.15, -0.1) is 0 Å². The number of imide groups is 1. The quantitative estimate of drug-likeness (QED) is 0.219. The Balaban J connectivity index is 1.46. The normalized spacial score (nSPS) is 13.6. The van der Waals surface area contributed by atoms with Crippen molar-refractivity contribution in [1.29, 1.82) is 0 Å². The summed E-state index contributed by atoms with van der Waals surface area (Å²) in [4.78, 5) is 52.1. The molecular weight excluding hydrogens is 462 g/mol. The maximum Gasteiger partial charge on any atom is 0.342 e. The van der Waals surface area contributed by atoms with E-state index in [1.54, 1.807) is 37.3 Å². The number of fused-ring (bicyclic) bond motifs is 2. The molecule has 180 valence electrons. The zero-order valence-electron chi connectivity index (χ0n) is 19.5. The predicted molar refractivity (Wildman–Crippen MR) is 130 cm³/mol. The van der Waals surface area contributed by atoms with Crippen LogP contribution in [0.2, 0.25) is 0 Å². The first-order valence-electron chi connectivity index (χ1n) is 11.4. The van der Waals surface area contributed by atoms with Gasteiger partial charge in [-0.05, 0) is 44.2 Å². The molecule has 8 heteroatoms. The summed E-state index contributed by atoms with van der Waals surface area (Å²) in [6.45, 7) is 3.31.